The molecule has 33 heavy (non-hydrogen) atoms. The minimum absolute atomic E-state index is 0.112. The first kappa shape index (κ1) is 24.6. The predicted molar refractivity (Wildman–Crippen MR) is 126 cm³/mol. The summed E-state index contributed by atoms with van der Waals surface area (Å²) in [6, 6.07) is 6.32. The average Bonchev–Trinajstić information content (AvgIpc) is 3.15. The van der Waals surface area contributed by atoms with Gasteiger partial charge in [-0.1, -0.05) is 6.42 Å². The van der Waals surface area contributed by atoms with E-state index in [1.807, 2.05) is 18.2 Å². The van der Waals surface area contributed by atoms with Crippen LogP contribution in [0.2, 0.25) is 0 Å². The van der Waals surface area contributed by atoms with Crippen molar-refractivity contribution >= 4 is 28.5 Å². The smallest absolute Gasteiger partial charge is 0.410 e. The lowest BCUT2D eigenvalue weighted by Crippen LogP contribution is -2.33. The summed E-state index contributed by atoms with van der Waals surface area (Å²) in [5.41, 5.74) is 11.2. The van der Waals surface area contributed by atoms with Gasteiger partial charge in [0.2, 0.25) is 0 Å². The van der Waals surface area contributed by atoms with Gasteiger partial charge in [0.05, 0.1) is 6.61 Å². The Hall–Kier alpha value is -3.02. The third-order valence-corrected chi connectivity index (χ3v) is 6.10. The van der Waals surface area contributed by atoms with Crippen molar-refractivity contribution in [3.63, 3.8) is 0 Å². The zero-order chi connectivity index (χ0) is 23.6. The third-order valence-electron chi connectivity index (χ3n) is 5.03. The highest BCUT2D eigenvalue weighted by molar-refractivity contribution is 7.20. The summed E-state index contributed by atoms with van der Waals surface area (Å²) in [5.74, 6) is 1.37. The third kappa shape index (κ3) is 7.52. The number of rotatable bonds is 11. The quantitative estimate of drug-likeness (QED) is 0.421. The van der Waals surface area contributed by atoms with Crippen molar-refractivity contribution in [1.29, 1.82) is 0 Å². The second kappa shape index (κ2) is 12.3. The summed E-state index contributed by atoms with van der Waals surface area (Å²) in [4.78, 5) is 25.7. The molecule has 1 aromatic carbocycles. The van der Waals surface area contributed by atoms with E-state index < -0.39 is 12.1 Å². The SMILES string of the molecule is COCCOc1ccc(-c2cc(OC(N)=O)c(NC(N)=O)s2)c(OCCN2CCCCC2)c1. The van der Waals surface area contributed by atoms with Crippen molar-refractivity contribution < 1.29 is 28.5 Å². The van der Waals surface area contributed by atoms with Crippen LogP contribution in [0.3, 0.4) is 0 Å². The first-order valence-corrected chi connectivity index (χ1v) is 11.6. The Morgan fingerprint density at radius 2 is 1.82 bits per heavy atom. The van der Waals surface area contributed by atoms with Gasteiger partial charge in [0.1, 0.15) is 29.7 Å². The highest BCUT2D eigenvalue weighted by Crippen LogP contribution is 2.44. The minimum Gasteiger partial charge on any atom is -0.491 e. The number of methoxy groups -OCH3 is 1. The number of primary amides is 2. The number of hydrogen-bond acceptors (Lipinski definition) is 8. The molecule has 0 aliphatic carbocycles. The maximum atomic E-state index is 11.4. The van der Waals surface area contributed by atoms with Crippen molar-refractivity contribution in [2.75, 3.05) is 51.9 Å². The van der Waals surface area contributed by atoms with Crippen LogP contribution in [0, 0.1) is 0 Å². The molecule has 1 aliphatic rings. The number of nitrogens with one attached hydrogen (secondary N) is 1. The molecule has 3 rings (SSSR count). The predicted octanol–water partition coefficient (Wildman–Crippen LogP) is 3.25. The molecular formula is C22H30N4O6S. The molecule has 1 aliphatic heterocycles. The Balaban J connectivity index is 1.84. The first-order chi connectivity index (χ1) is 16.0. The molecule has 2 heterocycles. The van der Waals surface area contributed by atoms with Crippen molar-refractivity contribution in [2.24, 2.45) is 11.5 Å². The molecule has 5 N–H and O–H groups in total. The van der Waals surface area contributed by atoms with Gasteiger partial charge in [-0.05, 0) is 38.1 Å². The van der Waals surface area contributed by atoms with Crippen molar-refractivity contribution in [1.82, 2.24) is 4.90 Å². The van der Waals surface area contributed by atoms with Crippen LogP contribution in [0.4, 0.5) is 14.6 Å². The van der Waals surface area contributed by atoms with E-state index in [1.54, 1.807) is 13.2 Å². The number of carbonyl (C=O) groups is 2. The van der Waals surface area contributed by atoms with Gasteiger partial charge in [0.15, 0.2) is 5.75 Å². The normalized spacial score (nSPS) is 14.0. The molecule has 2 aromatic rings. The first-order valence-electron chi connectivity index (χ1n) is 10.7. The van der Waals surface area contributed by atoms with E-state index in [0.717, 1.165) is 25.2 Å². The summed E-state index contributed by atoms with van der Waals surface area (Å²) < 4.78 is 22.0. The Morgan fingerprint density at radius 1 is 1.03 bits per heavy atom. The minimum atomic E-state index is -0.994. The number of hydrogen-bond donors (Lipinski definition) is 3. The van der Waals surface area contributed by atoms with Crippen LogP contribution in [0.5, 0.6) is 17.2 Å². The highest BCUT2D eigenvalue weighted by Gasteiger charge is 2.19. The number of amides is 3. The average molecular weight is 479 g/mol. The van der Waals surface area contributed by atoms with E-state index in [1.165, 1.54) is 30.6 Å². The van der Waals surface area contributed by atoms with Crippen LogP contribution in [0.1, 0.15) is 19.3 Å². The Kier molecular flexibility index (Phi) is 9.16. The molecular weight excluding hydrogens is 448 g/mol. The monoisotopic (exact) mass is 478 g/mol. The van der Waals surface area contributed by atoms with Crippen molar-refractivity contribution in [3.8, 4) is 27.7 Å². The number of carbonyl (C=O) groups excluding carboxylic acids is 2. The van der Waals surface area contributed by atoms with Gasteiger partial charge in [-0.3, -0.25) is 10.2 Å². The van der Waals surface area contributed by atoms with Crippen LogP contribution < -0.4 is 31.0 Å². The Morgan fingerprint density at radius 3 is 2.52 bits per heavy atom. The number of piperidine rings is 1. The van der Waals surface area contributed by atoms with Crippen LogP contribution in [0.25, 0.3) is 10.4 Å². The molecule has 0 radical (unpaired) electrons. The van der Waals surface area contributed by atoms with E-state index in [9.17, 15) is 9.59 Å². The fourth-order valence-electron chi connectivity index (χ4n) is 3.52. The molecule has 0 unspecified atom stereocenters. The summed E-state index contributed by atoms with van der Waals surface area (Å²) >= 11 is 1.19. The molecule has 0 bridgehead atoms. The molecule has 1 fully saturated rings. The van der Waals surface area contributed by atoms with Gasteiger partial charge in [-0.15, -0.1) is 11.3 Å². The molecule has 180 valence electrons. The zero-order valence-corrected chi connectivity index (χ0v) is 19.4. The number of nitrogens with zero attached hydrogens (tertiary/aromatic N) is 1. The van der Waals surface area contributed by atoms with E-state index in [0.29, 0.717) is 36.2 Å². The highest BCUT2D eigenvalue weighted by atomic mass is 32.1. The fraction of sp³-hybridized carbons (Fsp3) is 0.455. The fourth-order valence-corrected chi connectivity index (χ4v) is 4.53. The number of nitrogens with two attached hydrogens (primary N) is 2. The van der Waals surface area contributed by atoms with Crippen LogP contribution in [-0.2, 0) is 4.74 Å². The topological polar surface area (TPSA) is 138 Å². The molecule has 1 aromatic heterocycles. The summed E-state index contributed by atoms with van der Waals surface area (Å²) in [6.45, 7) is 4.37. The second-order valence-corrected chi connectivity index (χ2v) is 8.52. The lowest BCUT2D eigenvalue weighted by Gasteiger charge is -2.26. The summed E-state index contributed by atoms with van der Waals surface area (Å²) in [5, 5.41) is 2.73. The van der Waals surface area contributed by atoms with E-state index in [2.05, 4.69) is 10.2 Å². The number of likely N-dealkylation sites (tertiary alicyclic amines) is 1. The van der Waals surface area contributed by atoms with E-state index >= 15 is 0 Å². The van der Waals surface area contributed by atoms with E-state index in [-0.39, 0.29) is 10.8 Å². The number of thiophene rings is 1. The molecule has 11 heteroatoms. The Bertz CT molecular complexity index is 911. The number of ether oxygens (including phenoxy) is 4. The number of urea groups is 1. The van der Waals surface area contributed by atoms with Gasteiger partial charge in [0, 0.05) is 36.2 Å². The Labute approximate surface area is 196 Å². The maximum Gasteiger partial charge on any atom is 0.410 e. The molecule has 0 atom stereocenters. The van der Waals surface area contributed by atoms with Gasteiger partial charge in [0.25, 0.3) is 0 Å². The molecule has 0 saturated carbocycles. The standard InChI is InChI=1S/C22H30N4O6S/c1-29-11-12-30-15-5-6-16(17(13-15)31-10-9-26-7-3-2-4-8-26)19-14-18(32-22(24)28)20(33-19)25-21(23)27/h5-6,13-14H,2-4,7-12H2,1H3,(H2,24,28)(H3,23,25,27). The zero-order valence-electron chi connectivity index (χ0n) is 18.6. The molecule has 3 amide bonds. The molecule has 1 saturated heterocycles. The van der Waals surface area contributed by atoms with Gasteiger partial charge >= 0.3 is 12.1 Å². The second-order valence-electron chi connectivity index (χ2n) is 7.46. The van der Waals surface area contributed by atoms with Crippen molar-refractivity contribution in [3.05, 3.63) is 24.3 Å². The van der Waals surface area contributed by atoms with Crippen LogP contribution >= 0.6 is 11.3 Å². The van der Waals surface area contributed by atoms with Crippen LogP contribution in [-0.4, -0.2) is 63.6 Å². The van der Waals surface area contributed by atoms with Gasteiger partial charge in [-0.25, -0.2) is 9.59 Å². The lowest BCUT2D eigenvalue weighted by atomic mass is 10.1. The maximum absolute atomic E-state index is 11.4. The summed E-state index contributed by atoms with van der Waals surface area (Å²) in [7, 11) is 1.61. The van der Waals surface area contributed by atoms with E-state index in [4.69, 9.17) is 30.4 Å². The number of anilines is 1. The van der Waals surface area contributed by atoms with Crippen LogP contribution in [0.15, 0.2) is 24.3 Å². The van der Waals surface area contributed by atoms with Crippen molar-refractivity contribution in [2.45, 2.75) is 19.3 Å². The molecule has 0 spiro atoms. The largest absolute Gasteiger partial charge is 0.491 e. The summed E-state index contributed by atoms with van der Waals surface area (Å²) in [6.07, 6.45) is 2.70. The molecule has 10 nitrogen and oxygen atoms in total. The van der Waals surface area contributed by atoms with Gasteiger partial charge < -0.3 is 30.4 Å². The number of benzene rings is 1. The lowest BCUT2D eigenvalue weighted by molar-refractivity contribution is 0.146. The van der Waals surface area contributed by atoms with Gasteiger partial charge in [-0.2, -0.15) is 0 Å².